The molecule has 1 N–H and O–H groups in total. The SMILES string of the molecule is COc1cccc(CNC(=O)C(=O)c2c(C)nn(-c3cccc(C(F)(F)F)c3)c2C)c1. The molecule has 0 aliphatic heterocycles. The molecule has 3 rings (SSSR count). The molecule has 6 nitrogen and oxygen atoms in total. The van der Waals surface area contributed by atoms with Crippen molar-refractivity contribution in [2.45, 2.75) is 26.6 Å². The molecule has 0 unspecified atom stereocenters. The quantitative estimate of drug-likeness (QED) is 0.473. The van der Waals surface area contributed by atoms with Gasteiger partial charge in [-0.05, 0) is 49.7 Å². The van der Waals surface area contributed by atoms with E-state index in [1.165, 1.54) is 37.8 Å². The van der Waals surface area contributed by atoms with Crippen molar-refractivity contribution in [3.05, 3.63) is 76.6 Å². The van der Waals surface area contributed by atoms with Gasteiger partial charge in [0.15, 0.2) is 0 Å². The number of ketones is 1. The standard InChI is InChI=1S/C22H20F3N3O3/c1-13-19(20(29)21(30)26-12-15-6-4-9-18(10-15)31-3)14(2)28(27-13)17-8-5-7-16(11-17)22(23,24)25/h4-11H,12H2,1-3H3,(H,26,30). The van der Waals surface area contributed by atoms with Gasteiger partial charge in [-0.1, -0.05) is 18.2 Å². The summed E-state index contributed by atoms with van der Waals surface area (Å²) in [4.78, 5) is 25.2. The van der Waals surface area contributed by atoms with Crippen LogP contribution in [-0.4, -0.2) is 28.6 Å². The number of hydrogen-bond donors (Lipinski definition) is 1. The Morgan fingerprint density at radius 1 is 1.10 bits per heavy atom. The monoisotopic (exact) mass is 431 g/mol. The van der Waals surface area contributed by atoms with Gasteiger partial charge in [-0.15, -0.1) is 0 Å². The summed E-state index contributed by atoms with van der Waals surface area (Å²) in [6.07, 6.45) is -4.51. The van der Waals surface area contributed by atoms with E-state index in [4.69, 9.17) is 4.74 Å². The summed E-state index contributed by atoms with van der Waals surface area (Å²) in [7, 11) is 1.52. The zero-order valence-corrected chi connectivity index (χ0v) is 17.1. The molecule has 0 radical (unpaired) electrons. The number of hydrogen-bond acceptors (Lipinski definition) is 4. The lowest BCUT2D eigenvalue weighted by Gasteiger charge is -2.10. The van der Waals surface area contributed by atoms with E-state index in [1.807, 2.05) is 0 Å². The van der Waals surface area contributed by atoms with Crippen molar-refractivity contribution in [3.63, 3.8) is 0 Å². The molecule has 3 aromatic rings. The number of halogens is 3. The average Bonchev–Trinajstić information content (AvgIpc) is 3.05. The first-order chi connectivity index (χ1) is 14.6. The predicted octanol–water partition coefficient (Wildman–Crippen LogP) is 4.02. The Kier molecular flexibility index (Phi) is 6.14. The maximum Gasteiger partial charge on any atom is 0.416 e. The van der Waals surface area contributed by atoms with E-state index in [1.54, 1.807) is 24.3 Å². The highest BCUT2D eigenvalue weighted by Gasteiger charge is 2.31. The molecule has 0 saturated heterocycles. The number of rotatable bonds is 6. The van der Waals surface area contributed by atoms with Crippen LogP contribution in [0.4, 0.5) is 13.2 Å². The fraction of sp³-hybridized carbons (Fsp3) is 0.227. The number of amides is 1. The minimum Gasteiger partial charge on any atom is -0.497 e. The Morgan fingerprint density at radius 2 is 1.81 bits per heavy atom. The molecule has 1 amide bonds. The number of carbonyl (C=O) groups excluding carboxylic acids is 2. The largest absolute Gasteiger partial charge is 0.497 e. The van der Waals surface area contributed by atoms with E-state index < -0.39 is 23.4 Å². The van der Waals surface area contributed by atoms with Gasteiger partial charge < -0.3 is 10.1 Å². The number of Topliss-reactive ketones (excluding diaryl/α,β-unsaturated/α-hetero) is 1. The molecule has 31 heavy (non-hydrogen) atoms. The van der Waals surface area contributed by atoms with Crippen LogP contribution < -0.4 is 10.1 Å². The van der Waals surface area contributed by atoms with Gasteiger partial charge in [-0.2, -0.15) is 18.3 Å². The number of aryl methyl sites for hydroxylation is 1. The second-order valence-corrected chi connectivity index (χ2v) is 6.87. The van der Waals surface area contributed by atoms with Crippen LogP contribution in [0.1, 0.15) is 32.9 Å². The van der Waals surface area contributed by atoms with Crippen LogP contribution in [0, 0.1) is 13.8 Å². The van der Waals surface area contributed by atoms with Crippen LogP contribution in [0.3, 0.4) is 0 Å². The number of ether oxygens (including phenoxy) is 1. The van der Waals surface area contributed by atoms with Crippen LogP contribution in [0.15, 0.2) is 48.5 Å². The number of methoxy groups -OCH3 is 1. The van der Waals surface area contributed by atoms with Crippen LogP contribution >= 0.6 is 0 Å². The molecule has 0 aliphatic carbocycles. The maximum absolute atomic E-state index is 13.0. The second-order valence-electron chi connectivity index (χ2n) is 6.87. The molecule has 0 saturated carbocycles. The number of nitrogens with one attached hydrogen (secondary N) is 1. The van der Waals surface area contributed by atoms with E-state index in [2.05, 4.69) is 10.4 Å². The zero-order chi connectivity index (χ0) is 22.8. The van der Waals surface area contributed by atoms with Gasteiger partial charge in [-0.3, -0.25) is 9.59 Å². The van der Waals surface area contributed by atoms with Gasteiger partial charge in [0.2, 0.25) is 0 Å². The van der Waals surface area contributed by atoms with Crippen molar-refractivity contribution >= 4 is 11.7 Å². The van der Waals surface area contributed by atoms with Crippen molar-refractivity contribution in [3.8, 4) is 11.4 Å². The van der Waals surface area contributed by atoms with Crippen molar-refractivity contribution in [1.29, 1.82) is 0 Å². The number of benzene rings is 2. The van der Waals surface area contributed by atoms with Gasteiger partial charge in [0.25, 0.3) is 11.7 Å². The number of aromatic nitrogens is 2. The van der Waals surface area contributed by atoms with Crippen molar-refractivity contribution in [2.24, 2.45) is 0 Å². The van der Waals surface area contributed by atoms with Gasteiger partial charge in [0.1, 0.15) is 5.75 Å². The molecule has 9 heteroatoms. The van der Waals surface area contributed by atoms with Gasteiger partial charge >= 0.3 is 6.18 Å². The molecule has 0 spiro atoms. The predicted molar refractivity (Wildman–Crippen MR) is 107 cm³/mol. The van der Waals surface area contributed by atoms with E-state index in [0.717, 1.165) is 17.7 Å². The second kappa shape index (κ2) is 8.63. The van der Waals surface area contributed by atoms with Crippen molar-refractivity contribution in [2.75, 3.05) is 7.11 Å². The Morgan fingerprint density at radius 3 is 2.48 bits per heavy atom. The molecular formula is C22H20F3N3O3. The van der Waals surface area contributed by atoms with Crippen molar-refractivity contribution < 1.29 is 27.5 Å². The third kappa shape index (κ3) is 4.76. The highest BCUT2D eigenvalue weighted by molar-refractivity contribution is 6.43. The minimum absolute atomic E-state index is 0.0561. The highest BCUT2D eigenvalue weighted by atomic mass is 19.4. The lowest BCUT2D eigenvalue weighted by molar-refractivity contribution is -0.137. The molecular weight excluding hydrogens is 411 g/mol. The lowest BCUT2D eigenvalue weighted by atomic mass is 10.1. The molecule has 162 valence electrons. The summed E-state index contributed by atoms with van der Waals surface area (Å²) in [5.41, 5.74) is 0.636. The highest BCUT2D eigenvalue weighted by Crippen LogP contribution is 2.31. The van der Waals surface area contributed by atoms with Gasteiger partial charge in [0, 0.05) is 6.54 Å². The first kappa shape index (κ1) is 22.1. The summed E-state index contributed by atoms with van der Waals surface area (Å²) in [5, 5.41) is 6.73. The molecule has 0 bridgehead atoms. The Hall–Kier alpha value is -3.62. The summed E-state index contributed by atoms with van der Waals surface area (Å²) in [6.45, 7) is 3.17. The Labute approximate surface area is 176 Å². The van der Waals surface area contributed by atoms with E-state index >= 15 is 0 Å². The first-order valence-electron chi connectivity index (χ1n) is 9.31. The number of carbonyl (C=O) groups is 2. The summed E-state index contributed by atoms with van der Waals surface area (Å²) in [6, 6.07) is 11.6. The topological polar surface area (TPSA) is 73.2 Å². The third-order valence-corrected chi connectivity index (χ3v) is 4.73. The summed E-state index contributed by atoms with van der Waals surface area (Å²) in [5.74, 6) is -1.03. The molecule has 0 fully saturated rings. The molecule has 0 aliphatic rings. The lowest BCUT2D eigenvalue weighted by Crippen LogP contribution is -2.31. The average molecular weight is 431 g/mol. The van der Waals surface area contributed by atoms with E-state index in [0.29, 0.717) is 5.75 Å². The van der Waals surface area contributed by atoms with Gasteiger partial charge in [-0.25, -0.2) is 4.68 Å². The fourth-order valence-electron chi connectivity index (χ4n) is 3.20. The molecule has 0 atom stereocenters. The summed E-state index contributed by atoms with van der Waals surface area (Å²) >= 11 is 0. The van der Waals surface area contributed by atoms with Gasteiger partial charge in [0.05, 0.1) is 35.3 Å². The fourth-order valence-corrected chi connectivity index (χ4v) is 3.20. The summed E-state index contributed by atoms with van der Waals surface area (Å²) < 4.78 is 45.4. The minimum atomic E-state index is -4.51. The zero-order valence-electron chi connectivity index (χ0n) is 17.1. The van der Waals surface area contributed by atoms with Crippen LogP contribution in [0.2, 0.25) is 0 Å². The third-order valence-electron chi connectivity index (χ3n) is 4.73. The number of alkyl halides is 3. The molecule has 1 heterocycles. The smallest absolute Gasteiger partial charge is 0.416 e. The Balaban J connectivity index is 1.82. The maximum atomic E-state index is 13.0. The Bertz CT molecular complexity index is 1140. The number of nitrogens with zero attached hydrogens (tertiary/aromatic N) is 2. The van der Waals surface area contributed by atoms with E-state index in [-0.39, 0.29) is 29.2 Å². The molecule has 2 aromatic carbocycles. The van der Waals surface area contributed by atoms with Crippen LogP contribution in [-0.2, 0) is 17.5 Å². The molecule has 1 aromatic heterocycles. The van der Waals surface area contributed by atoms with Crippen LogP contribution in [0.5, 0.6) is 5.75 Å². The first-order valence-corrected chi connectivity index (χ1v) is 9.31. The van der Waals surface area contributed by atoms with Crippen molar-refractivity contribution in [1.82, 2.24) is 15.1 Å². The van der Waals surface area contributed by atoms with E-state index in [9.17, 15) is 22.8 Å². The normalized spacial score (nSPS) is 11.3. The van der Waals surface area contributed by atoms with Crippen LogP contribution in [0.25, 0.3) is 5.69 Å².